The number of amides is 1. The Balaban J connectivity index is 1.27. The molecule has 1 saturated heterocycles. The molecule has 0 N–H and O–H groups in total. The maximum atomic E-state index is 13.0. The summed E-state index contributed by atoms with van der Waals surface area (Å²) in [6, 6.07) is 7.59. The van der Waals surface area contributed by atoms with Gasteiger partial charge in [-0.25, -0.2) is 0 Å². The van der Waals surface area contributed by atoms with Crippen LogP contribution in [0.5, 0.6) is 5.75 Å². The van der Waals surface area contributed by atoms with Gasteiger partial charge in [0.1, 0.15) is 5.75 Å². The van der Waals surface area contributed by atoms with E-state index in [1.165, 1.54) is 38.5 Å². The summed E-state index contributed by atoms with van der Waals surface area (Å²) in [6.45, 7) is 3.76. The summed E-state index contributed by atoms with van der Waals surface area (Å²) in [7, 11) is 1.64. The highest BCUT2D eigenvalue weighted by Gasteiger charge is 2.53. The van der Waals surface area contributed by atoms with E-state index < -0.39 is 0 Å². The Morgan fingerprint density at radius 1 is 0.962 bits per heavy atom. The molecular weight excluding hydrogens is 324 g/mol. The normalized spacial score (nSPS) is 36.3. The van der Waals surface area contributed by atoms with Crippen LogP contribution < -0.4 is 4.74 Å². The highest BCUT2D eigenvalue weighted by molar-refractivity contribution is 5.97. The highest BCUT2D eigenvalue weighted by atomic mass is 16.5. The molecule has 4 bridgehead atoms. The Kier molecular flexibility index (Phi) is 4.00. The van der Waals surface area contributed by atoms with Gasteiger partial charge >= 0.3 is 0 Å². The molecule has 0 atom stereocenters. The van der Waals surface area contributed by atoms with Gasteiger partial charge in [0.15, 0.2) is 0 Å². The fourth-order valence-electron chi connectivity index (χ4n) is 6.83. The number of hydrogen-bond acceptors (Lipinski definition) is 3. The molecule has 6 rings (SSSR count). The number of ether oxygens (including phenoxy) is 1. The molecule has 26 heavy (non-hydrogen) atoms. The number of carbonyl (C=O) groups excluding carboxylic acids is 1. The lowest BCUT2D eigenvalue weighted by atomic mass is 9.52. The Morgan fingerprint density at radius 2 is 1.54 bits per heavy atom. The summed E-state index contributed by atoms with van der Waals surface area (Å²) in [4.78, 5) is 17.8. The van der Waals surface area contributed by atoms with Crippen LogP contribution in [-0.4, -0.2) is 54.5 Å². The largest absolute Gasteiger partial charge is 0.496 e. The average Bonchev–Trinajstić information content (AvgIpc) is 2.66. The number of para-hydroxylation sites is 1. The van der Waals surface area contributed by atoms with Crippen LogP contribution in [0, 0.1) is 17.8 Å². The molecule has 4 saturated carbocycles. The Hall–Kier alpha value is -1.55. The number of carbonyl (C=O) groups is 1. The number of hydrogen-bond donors (Lipinski definition) is 0. The molecule has 0 spiro atoms. The van der Waals surface area contributed by atoms with Crippen molar-refractivity contribution in [2.75, 3.05) is 33.3 Å². The van der Waals surface area contributed by atoms with E-state index in [0.29, 0.717) is 16.9 Å². The molecule has 1 amide bonds. The quantitative estimate of drug-likeness (QED) is 0.834. The lowest BCUT2D eigenvalue weighted by Crippen LogP contribution is -2.64. The van der Waals surface area contributed by atoms with Crippen LogP contribution in [0.1, 0.15) is 48.9 Å². The topological polar surface area (TPSA) is 32.8 Å². The predicted molar refractivity (Wildman–Crippen MR) is 101 cm³/mol. The second-order valence-electron chi connectivity index (χ2n) is 9.12. The summed E-state index contributed by atoms with van der Waals surface area (Å²) in [5.74, 6) is 3.74. The molecule has 0 unspecified atom stereocenters. The fourth-order valence-corrected chi connectivity index (χ4v) is 6.83. The monoisotopic (exact) mass is 354 g/mol. The SMILES string of the molecule is COc1ccccc1C(=O)N1CCN(C23CC4CC(CC(C4)C2)C3)CC1. The van der Waals surface area contributed by atoms with Gasteiger partial charge in [-0.15, -0.1) is 0 Å². The molecule has 1 aromatic rings. The van der Waals surface area contributed by atoms with Crippen molar-refractivity contribution in [1.29, 1.82) is 0 Å². The summed E-state index contributed by atoms with van der Waals surface area (Å²) >= 11 is 0. The first kappa shape index (κ1) is 16.6. The molecule has 1 heterocycles. The van der Waals surface area contributed by atoms with Crippen molar-refractivity contribution in [3.63, 3.8) is 0 Å². The minimum atomic E-state index is 0.118. The molecule has 4 aliphatic carbocycles. The molecule has 5 aliphatic rings. The highest BCUT2D eigenvalue weighted by Crippen LogP contribution is 2.57. The zero-order valence-corrected chi connectivity index (χ0v) is 15.8. The smallest absolute Gasteiger partial charge is 0.257 e. The van der Waals surface area contributed by atoms with E-state index in [-0.39, 0.29) is 5.91 Å². The Labute approximate surface area is 156 Å². The average molecular weight is 354 g/mol. The molecule has 5 fully saturated rings. The minimum absolute atomic E-state index is 0.118. The Bertz CT molecular complexity index is 658. The zero-order valence-electron chi connectivity index (χ0n) is 15.8. The first-order chi connectivity index (χ1) is 12.7. The van der Waals surface area contributed by atoms with E-state index in [1.54, 1.807) is 7.11 Å². The van der Waals surface area contributed by atoms with Crippen molar-refractivity contribution in [2.45, 2.75) is 44.1 Å². The van der Waals surface area contributed by atoms with E-state index in [1.807, 2.05) is 29.2 Å². The standard InChI is InChI=1S/C22H30N2O2/c1-26-20-5-3-2-4-19(20)21(25)23-6-8-24(9-7-23)22-13-16-10-17(14-22)12-18(11-16)15-22/h2-5,16-18H,6-15H2,1H3. The first-order valence-corrected chi connectivity index (χ1v) is 10.3. The van der Waals surface area contributed by atoms with Crippen LogP contribution in [-0.2, 0) is 0 Å². The van der Waals surface area contributed by atoms with E-state index in [2.05, 4.69) is 4.90 Å². The molecule has 0 aromatic heterocycles. The van der Waals surface area contributed by atoms with E-state index in [4.69, 9.17) is 4.74 Å². The predicted octanol–water partition coefficient (Wildman–Crippen LogP) is 3.42. The molecule has 4 heteroatoms. The van der Waals surface area contributed by atoms with Crippen molar-refractivity contribution < 1.29 is 9.53 Å². The van der Waals surface area contributed by atoms with Crippen LogP contribution in [0.15, 0.2) is 24.3 Å². The van der Waals surface area contributed by atoms with E-state index >= 15 is 0 Å². The van der Waals surface area contributed by atoms with Gasteiger partial charge in [-0.1, -0.05) is 12.1 Å². The maximum absolute atomic E-state index is 13.0. The van der Waals surface area contributed by atoms with Gasteiger partial charge in [0.25, 0.3) is 5.91 Å². The minimum Gasteiger partial charge on any atom is -0.496 e. The molecule has 140 valence electrons. The van der Waals surface area contributed by atoms with Crippen LogP contribution in [0.4, 0.5) is 0 Å². The van der Waals surface area contributed by atoms with Crippen molar-refractivity contribution in [2.24, 2.45) is 17.8 Å². The van der Waals surface area contributed by atoms with Crippen molar-refractivity contribution in [3.05, 3.63) is 29.8 Å². The number of nitrogens with zero attached hydrogens (tertiary/aromatic N) is 2. The zero-order chi connectivity index (χ0) is 17.7. The van der Waals surface area contributed by atoms with E-state index in [0.717, 1.165) is 43.9 Å². The van der Waals surface area contributed by atoms with Gasteiger partial charge < -0.3 is 9.64 Å². The Morgan fingerprint density at radius 3 is 2.12 bits per heavy atom. The van der Waals surface area contributed by atoms with Crippen molar-refractivity contribution in [3.8, 4) is 5.75 Å². The van der Waals surface area contributed by atoms with Crippen LogP contribution in [0.3, 0.4) is 0 Å². The van der Waals surface area contributed by atoms with Crippen LogP contribution >= 0.6 is 0 Å². The van der Waals surface area contributed by atoms with Gasteiger partial charge in [0.2, 0.25) is 0 Å². The number of rotatable bonds is 3. The van der Waals surface area contributed by atoms with Crippen LogP contribution in [0.2, 0.25) is 0 Å². The molecule has 1 aliphatic heterocycles. The van der Waals surface area contributed by atoms with Gasteiger partial charge in [0, 0.05) is 31.7 Å². The number of methoxy groups -OCH3 is 1. The van der Waals surface area contributed by atoms with Gasteiger partial charge in [-0.2, -0.15) is 0 Å². The van der Waals surface area contributed by atoms with Gasteiger partial charge in [-0.05, 0) is 68.4 Å². The summed E-state index contributed by atoms with van der Waals surface area (Å²) < 4.78 is 5.39. The fraction of sp³-hybridized carbons (Fsp3) is 0.682. The molecule has 4 nitrogen and oxygen atoms in total. The number of piperazine rings is 1. The summed E-state index contributed by atoms with van der Waals surface area (Å²) in [5.41, 5.74) is 1.16. The van der Waals surface area contributed by atoms with Gasteiger partial charge in [-0.3, -0.25) is 9.69 Å². The third kappa shape index (κ3) is 2.65. The third-order valence-corrected chi connectivity index (χ3v) is 7.58. The lowest BCUT2D eigenvalue weighted by Gasteiger charge is -2.61. The second-order valence-corrected chi connectivity index (χ2v) is 9.12. The van der Waals surface area contributed by atoms with Crippen LogP contribution in [0.25, 0.3) is 0 Å². The molecule has 0 radical (unpaired) electrons. The number of benzene rings is 1. The van der Waals surface area contributed by atoms with E-state index in [9.17, 15) is 4.79 Å². The summed E-state index contributed by atoms with van der Waals surface area (Å²) in [6.07, 6.45) is 8.72. The maximum Gasteiger partial charge on any atom is 0.257 e. The van der Waals surface area contributed by atoms with Gasteiger partial charge in [0.05, 0.1) is 12.7 Å². The second kappa shape index (κ2) is 6.26. The van der Waals surface area contributed by atoms with Crippen molar-refractivity contribution >= 4 is 5.91 Å². The van der Waals surface area contributed by atoms with Crippen molar-refractivity contribution in [1.82, 2.24) is 9.80 Å². The lowest BCUT2D eigenvalue weighted by molar-refractivity contribution is -0.0987. The first-order valence-electron chi connectivity index (χ1n) is 10.3. The third-order valence-electron chi connectivity index (χ3n) is 7.58. The molecule has 1 aromatic carbocycles. The summed E-state index contributed by atoms with van der Waals surface area (Å²) in [5, 5.41) is 0. The molecular formula is C22H30N2O2.